The van der Waals surface area contributed by atoms with Crippen molar-refractivity contribution in [2.75, 3.05) is 16.3 Å². The largest absolute Gasteiger partial charge is 0.444 e. The van der Waals surface area contributed by atoms with Gasteiger partial charge in [0.2, 0.25) is 5.91 Å². The molecule has 27 heavy (non-hydrogen) atoms. The number of rotatable bonds is 3. The van der Waals surface area contributed by atoms with E-state index in [-0.39, 0.29) is 24.1 Å². The van der Waals surface area contributed by atoms with Crippen LogP contribution >= 0.6 is 0 Å². The van der Waals surface area contributed by atoms with Crippen molar-refractivity contribution in [1.82, 2.24) is 4.98 Å². The van der Waals surface area contributed by atoms with Crippen molar-refractivity contribution in [2.24, 2.45) is 0 Å². The standard InChI is InChI=1S/C21H21N3O3/c1-2-18-17-11-15-10-13(5-7-16(15)24(17)21(26)27-18)14-6-8-19(22-12-14)23-9-3-4-20(23)25/h5-8,10,12,17-18H,2-4,9,11H2,1H3/t17-,18-/m0/s1. The molecule has 1 aromatic carbocycles. The van der Waals surface area contributed by atoms with Gasteiger partial charge >= 0.3 is 6.09 Å². The smallest absolute Gasteiger partial charge is 0.415 e. The number of hydrogen-bond donors (Lipinski definition) is 0. The molecule has 138 valence electrons. The number of cyclic esters (lactones) is 1. The molecule has 0 N–H and O–H groups in total. The fourth-order valence-electron chi connectivity index (χ4n) is 4.42. The van der Waals surface area contributed by atoms with E-state index in [2.05, 4.69) is 11.1 Å². The summed E-state index contributed by atoms with van der Waals surface area (Å²) in [5.41, 5.74) is 4.21. The van der Waals surface area contributed by atoms with Crippen LogP contribution in [0.4, 0.5) is 16.3 Å². The maximum absolute atomic E-state index is 12.2. The van der Waals surface area contributed by atoms with Crippen molar-refractivity contribution < 1.29 is 14.3 Å². The highest BCUT2D eigenvalue weighted by Crippen LogP contribution is 2.41. The fraction of sp³-hybridized carbons (Fsp3) is 0.381. The van der Waals surface area contributed by atoms with Crippen LogP contribution < -0.4 is 9.80 Å². The number of carbonyl (C=O) groups is 2. The van der Waals surface area contributed by atoms with Crippen molar-refractivity contribution in [1.29, 1.82) is 0 Å². The van der Waals surface area contributed by atoms with E-state index in [1.165, 1.54) is 5.56 Å². The summed E-state index contributed by atoms with van der Waals surface area (Å²) in [5, 5.41) is 0. The molecule has 2 saturated heterocycles. The lowest BCUT2D eigenvalue weighted by Crippen LogP contribution is -2.32. The zero-order chi connectivity index (χ0) is 18.5. The average molecular weight is 363 g/mol. The molecule has 1 aromatic heterocycles. The van der Waals surface area contributed by atoms with Gasteiger partial charge in [-0.05, 0) is 54.7 Å². The maximum atomic E-state index is 12.2. The SMILES string of the molecule is CC[C@@H]1OC(=O)N2c3ccc(-c4ccc(N5CCCC5=O)nc4)cc3C[C@@H]12. The normalized spacial score (nSPS) is 23.6. The Balaban J connectivity index is 1.43. The fourth-order valence-corrected chi connectivity index (χ4v) is 4.42. The van der Waals surface area contributed by atoms with Crippen molar-refractivity contribution >= 4 is 23.5 Å². The Kier molecular flexibility index (Phi) is 3.67. The number of anilines is 2. The molecule has 0 aliphatic carbocycles. The summed E-state index contributed by atoms with van der Waals surface area (Å²) >= 11 is 0. The van der Waals surface area contributed by atoms with Crippen LogP contribution in [0.25, 0.3) is 11.1 Å². The third-order valence-electron chi connectivity index (χ3n) is 5.81. The highest BCUT2D eigenvalue weighted by atomic mass is 16.6. The molecule has 6 heteroatoms. The lowest BCUT2D eigenvalue weighted by Gasteiger charge is -2.15. The first-order chi connectivity index (χ1) is 13.2. The lowest BCUT2D eigenvalue weighted by atomic mass is 10.0. The van der Waals surface area contributed by atoms with Crippen LogP contribution in [0.15, 0.2) is 36.5 Å². The van der Waals surface area contributed by atoms with Crippen LogP contribution in [0.1, 0.15) is 31.7 Å². The Hall–Kier alpha value is -2.89. The zero-order valence-corrected chi connectivity index (χ0v) is 15.2. The number of carbonyl (C=O) groups excluding carboxylic acids is 2. The molecular weight excluding hydrogens is 342 g/mol. The van der Waals surface area contributed by atoms with Crippen LogP contribution in [0, 0.1) is 0 Å². The molecule has 0 spiro atoms. The summed E-state index contributed by atoms with van der Waals surface area (Å²) in [6, 6.07) is 10.2. The van der Waals surface area contributed by atoms with Crippen molar-refractivity contribution in [3.8, 4) is 11.1 Å². The van der Waals surface area contributed by atoms with E-state index < -0.39 is 0 Å². The molecular formula is C21H21N3O3. The van der Waals surface area contributed by atoms with Crippen molar-refractivity contribution in [3.05, 3.63) is 42.1 Å². The predicted octanol–water partition coefficient (Wildman–Crippen LogP) is 3.54. The number of pyridine rings is 1. The maximum Gasteiger partial charge on any atom is 0.415 e. The van der Waals surface area contributed by atoms with Crippen molar-refractivity contribution in [2.45, 2.75) is 44.8 Å². The monoisotopic (exact) mass is 363 g/mol. The molecule has 0 unspecified atom stereocenters. The zero-order valence-electron chi connectivity index (χ0n) is 15.2. The summed E-state index contributed by atoms with van der Waals surface area (Å²) in [5.74, 6) is 0.863. The predicted molar refractivity (Wildman–Crippen MR) is 102 cm³/mol. The summed E-state index contributed by atoms with van der Waals surface area (Å²) in [7, 11) is 0. The van der Waals surface area contributed by atoms with Gasteiger partial charge in [0.15, 0.2) is 0 Å². The Labute approximate surface area is 157 Å². The van der Waals surface area contributed by atoms with Gasteiger partial charge in [-0.2, -0.15) is 0 Å². The second-order valence-electron chi connectivity index (χ2n) is 7.37. The van der Waals surface area contributed by atoms with Crippen LogP contribution in [0.5, 0.6) is 0 Å². The minimum atomic E-state index is -0.236. The molecule has 0 saturated carbocycles. The van der Waals surface area contributed by atoms with Gasteiger partial charge < -0.3 is 4.74 Å². The highest BCUT2D eigenvalue weighted by molar-refractivity contribution is 5.95. The van der Waals surface area contributed by atoms with Gasteiger partial charge in [-0.1, -0.05) is 13.0 Å². The van der Waals surface area contributed by atoms with E-state index in [4.69, 9.17) is 4.74 Å². The van der Waals surface area contributed by atoms with E-state index in [0.717, 1.165) is 48.4 Å². The molecule has 6 nitrogen and oxygen atoms in total. The number of fused-ring (bicyclic) bond motifs is 3. The average Bonchev–Trinajstić information content (AvgIpc) is 3.36. The minimum absolute atomic E-state index is 0.0349. The van der Waals surface area contributed by atoms with E-state index >= 15 is 0 Å². The number of hydrogen-bond acceptors (Lipinski definition) is 4. The second kappa shape index (κ2) is 6.08. The Bertz CT molecular complexity index is 925. The molecule has 2 amide bonds. The third kappa shape index (κ3) is 2.51. The number of nitrogens with zero attached hydrogens (tertiary/aromatic N) is 3. The lowest BCUT2D eigenvalue weighted by molar-refractivity contribution is -0.117. The number of benzene rings is 1. The minimum Gasteiger partial charge on any atom is -0.444 e. The second-order valence-corrected chi connectivity index (χ2v) is 7.37. The molecule has 3 aliphatic rings. The van der Waals surface area contributed by atoms with E-state index in [1.54, 1.807) is 9.80 Å². The first kappa shape index (κ1) is 16.3. The van der Waals surface area contributed by atoms with Crippen LogP contribution in [0.2, 0.25) is 0 Å². The number of aromatic nitrogens is 1. The molecule has 0 radical (unpaired) electrons. The van der Waals surface area contributed by atoms with Gasteiger partial charge in [0, 0.05) is 24.7 Å². The summed E-state index contributed by atoms with van der Waals surface area (Å²) in [4.78, 5) is 32.1. The molecule has 3 aliphatic heterocycles. The topological polar surface area (TPSA) is 62.7 Å². The molecule has 4 heterocycles. The van der Waals surface area contributed by atoms with Crippen LogP contribution in [-0.2, 0) is 16.0 Å². The summed E-state index contributed by atoms with van der Waals surface area (Å²) < 4.78 is 5.46. The van der Waals surface area contributed by atoms with E-state index in [9.17, 15) is 9.59 Å². The molecule has 0 bridgehead atoms. The highest BCUT2D eigenvalue weighted by Gasteiger charge is 2.46. The van der Waals surface area contributed by atoms with Crippen LogP contribution in [0.3, 0.4) is 0 Å². The number of amides is 2. The Morgan fingerprint density at radius 2 is 2.04 bits per heavy atom. The molecule has 2 atom stereocenters. The molecule has 2 fully saturated rings. The van der Waals surface area contributed by atoms with Gasteiger partial charge in [0.05, 0.1) is 11.7 Å². The Morgan fingerprint density at radius 1 is 1.19 bits per heavy atom. The first-order valence-electron chi connectivity index (χ1n) is 9.55. The van der Waals surface area contributed by atoms with Gasteiger partial charge in [-0.15, -0.1) is 0 Å². The Morgan fingerprint density at radius 3 is 2.74 bits per heavy atom. The molecule has 5 rings (SSSR count). The summed E-state index contributed by atoms with van der Waals surface area (Å²) in [6.07, 6.45) is 4.70. The van der Waals surface area contributed by atoms with Crippen molar-refractivity contribution in [3.63, 3.8) is 0 Å². The van der Waals surface area contributed by atoms with Gasteiger partial charge in [-0.25, -0.2) is 9.78 Å². The van der Waals surface area contributed by atoms with E-state index in [1.807, 2.05) is 37.4 Å². The van der Waals surface area contributed by atoms with Gasteiger partial charge in [-0.3, -0.25) is 14.6 Å². The van der Waals surface area contributed by atoms with E-state index in [0.29, 0.717) is 6.42 Å². The quantitative estimate of drug-likeness (QED) is 0.837. The third-order valence-corrected chi connectivity index (χ3v) is 5.81. The van der Waals surface area contributed by atoms with Crippen LogP contribution in [-0.4, -0.2) is 35.7 Å². The van der Waals surface area contributed by atoms with Gasteiger partial charge in [0.1, 0.15) is 11.9 Å². The number of ether oxygens (including phenoxy) is 1. The molecule has 2 aromatic rings. The van der Waals surface area contributed by atoms with Gasteiger partial charge in [0.25, 0.3) is 0 Å². The first-order valence-corrected chi connectivity index (χ1v) is 9.55. The summed E-state index contributed by atoms with van der Waals surface area (Å²) in [6.45, 7) is 2.80.